The number of benzene rings is 1. The number of nitrogens with zero attached hydrogens (tertiary/aromatic N) is 3. The largest absolute Gasteiger partial charge is 0.332 e. The van der Waals surface area contributed by atoms with Gasteiger partial charge in [0.1, 0.15) is 0 Å². The van der Waals surface area contributed by atoms with Crippen LogP contribution in [0.15, 0.2) is 54.7 Å². The van der Waals surface area contributed by atoms with E-state index in [1.807, 2.05) is 67.1 Å². The second kappa shape index (κ2) is 6.95. The topological polar surface area (TPSA) is 71.8 Å². The molecule has 2 heterocycles. The van der Waals surface area contributed by atoms with Gasteiger partial charge in [-0.25, -0.2) is 9.48 Å². The molecule has 3 aromatic rings. The number of urea groups is 1. The van der Waals surface area contributed by atoms with Crippen molar-refractivity contribution in [3.8, 4) is 5.69 Å². The van der Waals surface area contributed by atoms with Crippen LogP contribution in [0.4, 0.5) is 10.5 Å². The number of amides is 2. The maximum absolute atomic E-state index is 12.2. The molecule has 6 heteroatoms. The average Bonchev–Trinajstić information content (AvgIpc) is 2.93. The van der Waals surface area contributed by atoms with E-state index in [9.17, 15) is 4.79 Å². The van der Waals surface area contributed by atoms with E-state index < -0.39 is 0 Å². The van der Waals surface area contributed by atoms with Crippen molar-refractivity contribution in [2.24, 2.45) is 0 Å². The van der Waals surface area contributed by atoms with Crippen LogP contribution in [-0.2, 0) is 6.54 Å². The van der Waals surface area contributed by atoms with Crippen molar-refractivity contribution in [1.82, 2.24) is 20.1 Å². The highest BCUT2D eigenvalue weighted by molar-refractivity contribution is 5.91. The van der Waals surface area contributed by atoms with Gasteiger partial charge in [0.05, 0.1) is 29.3 Å². The van der Waals surface area contributed by atoms with E-state index >= 15 is 0 Å². The Bertz CT molecular complexity index is 842. The fraction of sp³-hybridized carbons (Fsp3) is 0.167. The fourth-order valence-electron chi connectivity index (χ4n) is 2.48. The smallest absolute Gasteiger partial charge is 0.319 e. The summed E-state index contributed by atoms with van der Waals surface area (Å²) >= 11 is 0. The predicted molar refractivity (Wildman–Crippen MR) is 93.1 cm³/mol. The molecule has 0 aliphatic rings. The summed E-state index contributed by atoms with van der Waals surface area (Å²) in [7, 11) is 0. The van der Waals surface area contributed by atoms with E-state index in [1.54, 1.807) is 6.20 Å². The zero-order chi connectivity index (χ0) is 16.9. The van der Waals surface area contributed by atoms with E-state index in [0.29, 0.717) is 12.2 Å². The first-order valence-corrected chi connectivity index (χ1v) is 7.71. The monoisotopic (exact) mass is 321 g/mol. The number of anilines is 1. The van der Waals surface area contributed by atoms with Crippen molar-refractivity contribution < 1.29 is 4.79 Å². The zero-order valence-electron chi connectivity index (χ0n) is 13.7. The molecule has 122 valence electrons. The number of nitrogens with one attached hydrogen (secondary N) is 2. The van der Waals surface area contributed by atoms with Crippen molar-refractivity contribution in [3.05, 3.63) is 71.8 Å². The Balaban J connectivity index is 1.73. The van der Waals surface area contributed by atoms with Crippen LogP contribution in [-0.4, -0.2) is 20.8 Å². The average molecular weight is 321 g/mol. The van der Waals surface area contributed by atoms with Gasteiger partial charge in [0.2, 0.25) is 0 Å². The van der Waals surface area contributed by atoms with Gasteiger partial charge in [-0.15, -0.1) is 0 Å². The van der Waals surface area contributed by atoms with Crippen molar-refractivity contribution in [1.29, 1.82) is 0 Å². The highest BCUT2D eigenvalue weighted by Gasteiger charge is 2.11. The van der Waals surface area contributed by atoms with Gasteiger partial charge in [0, 0.05) is 11.9 Å². The third-order valence-corrected chi connectivity index (χ3v) is 3.55. The first-order valence-electron chi connectivity index (χ1n) is 7.71. The fourth-order valence-corrected chi connectivity index (χ4v) is 2.48. The molecule has 0 unspecified atom stereocenters. The van der Waals surface area contributed by atoms with Crippen LogP contribution in [0, 0.1) is 13.8 Å². The molecule has 0 spiro atoms. The molecule has 0 bridgehead atoms. The molecule has 0 radical (unpaired) electrons. The van der Waals surface area contributed by atoms with E-state index in [2.05, 4.69) is 20.7 Å². The molecular weight excluding hydrogens is 302 g/mol. The van der Waals surface area contributed by atoms with Crippen LogP contribution in [0.25, 0.3) is 5.69 Å². The van der Waals surface area contributed by atoms with Crippen LogP contribution in [0.1, 0.15) is 17.1 Å². The van der Waals surface area contributed by atoms with Gasteiger partial charge in [-0.2, -0.15) is 5.10 Å². The molecule has 24 heavy (non-hydrogen) atoms. The maximum Gasteiger partial charge on any atom is 0.319 e. The van der Waals surface area contributed by atoms with Gasteiger partial charge in [0.25, 0.3) is 0 Å². The number of hydrogen-bond donors (Lipinski definition) is 2. The summed E-state index contributed by atoms with van der Waals surface area (Å²) in [6, 6.07) is 14.9. The molecule has 0 aliphatic heterocycles. The molecular formula is C18H19N5O. The number of rotatable bonds is 4. The summed E-state index contributed by atoms with van der Waals surface area (Å²) in [4.78, 5) is 16.4. The number of carbonyl (C=O) groups excluding carboxylic acids is 1. The molecule has 1 aromatic carbocycles. The number of aryl methyl sites for hydroxylation is 2. The molecule has 2 N–H and O–H groups in total. The summed E-state index contributed by atoms with van der Waals surface area (Å²) in [6.45, 7) is 4.30. The third-order valence-electron chi connectivity index (χ3n) is 3.55. The minimum atomic E-state index is -0.283. The summed E-state index contributed by atoms with van der Waals surface area (Å²) < 4.78 is 1.82. The van der Waals surface area contributed by atoms with E-state index in [0.717, 1.165) is 22.8 Å². The Kier molecular flexibility index (Phi) is 4.56. The van der Waals surface area contributed by atoms with Gasteiger partial charge >= 0.3 is 6.03 Å². The number of carbonyl (C=O) groups is 1. The number of para-hydroxylation sites is 2. The summed E-state index contributed by atoms with van der Waals surface area (Å²) in [5.74, 6) is 0. The third kappa shape index (κ3) is 3.60. The second-order valence-electron chi connectivity index (χ2n) is 5.48. The first-order chi connectivity index (χ1) is 11.6. The molecule has 0 saturated carbocycles. The lowest BCUT2D eigenvalue weighted by Crippen LogP contribution is -2.29. The summed E-state index contributed by atoms with van der Waals surface area (Å²) in [5, 5.41) is 10.2. The normalized spacial score (nSPS) is 10.4. The lowest BCUT2D eigenvalue weighted by atomic mass is 10.2. The Morgan fingerprint density at radius 1 is 1.12 bits per heavy atom. The molecule has 0 saturated heterocycles. The van der Waals surface area contributed by atoms with Crippen molar-refractivity contribution in [3.63, 3.8) is 0 Å². The summed E-state index contributed by atoms with van der Waals surface area (Å²) in [6.07, 6.45) is 1.70. The van der Waals surface area contributed by atoms with Crippen LogP contribution in [0.5, 0.6) is 0 Å². The zero-order valence-corrected chi connectivity index (χ0v) is 13.7. The molecule has 3 rings (SSSR count). The Morgan fingerprint density at radius 2 is 1.92 bits per heavy atom. The quantitative estimate of drug-likeness (QED) is 0.775. The Hall–Kier alpha value is -3.15. The van der Waals surface area contributed by atoms with Crippen molar-refractivity contribution in [2.45, 2.75) is 20.4 Å². The number of pyridine rings is 1. The molecule has 0 aliphatic carbocycles. The van der Waals surface area contributed by atoms with Crippen LogP contribution in [0.3, 0.4) is 0 Å². The lowest BCUT2D eigenvalue weighted by molar-refractivity contribution is 0.251. The maximum atomic E-state index is 12.2. The molecule has 0 atom stereocenters. The highest BCUT2D eigenvalue weighted by atomic mass is 16.2. The van der Waals surface area contributed by atoms with E-state index in [1.165, 1.54) is 0 Å². The van der Waals surface area contributed by atoms with Crippen LogP contribution < -0.4 is 10.6 Å². The van der Waals surface area contributed by atoms with Crippen molar-refractivity contribution in [2.75, 3.05) is 5.32 Å². The first kappa shape index (κ1) is 15.7. The van der Waals surface area contributed by atoms with Gasteiger partial charge < -0.3 is 10.6 Å². The van der Waals surface area contributed by atoms with Gasteiger partial charge in [0.15, 0.2) is 0 Å². The molecule has 6 nitrogen and oxygen atoms in total. The van der Waals surface area contributed by atoms with Crippen molar-refractivity contribution >= 4 is 11.7 Å². The lowest BCUT2D eigenvalue weighted by Gasteiger charge is -2.13. The van der Waals surface area contributed by atoms with Gasteiger partial charge in [-0.1, -0.05) is 18.2 Å². The molecule has 0 fully saturated rings. The number of aromatic nitrogens is 3. The van der Waals surface area contributed by atoms with Crippen LogP contribution in [0.2, 0.25) is 0 Å². The SMILES string of the molecule is Cc1cc(C)n(-c2ccccc2NC(=O)NCc2ccccn2)n1. The van der Waals surface area contributed by atoms with Gasteiger partial charge in [-0.3, -0.25) is 4.98 Å². The second-order valence-corrected chi connectivity index (χ2v) is 5.48. The number of hydrogen-bond acceptors (Lipinski definition) is 3. The molecule has 2 aromatic heterocycles. The predicted octanol–water partition coefficient (Wildman–Crippen LogP) is 3.21. The Morgan fingerprint density at radius 3 is 2.62 bits per heavy atom. The van der Waals surface area contributed by atoms with Crippen LogP contribution >= 0.6 is 0 Å². The minimum Gasteiger partial charge on any atom is -0.332 e. The highest BCUT2D eigenvalue weighted by Crippen LogP contribution is 2.21. The van der Waals surface area contributed by atoms with Gasteiger partial charge in [-0.05, 0) is 44.2 Å². The Labute approximate surface area is 140 Å². The standard InChI is InChI=1S/C18H19N5O/c1-13-11-14(2)23(22-13)17-9-4-3-8-16(17)21-18(24)20-12-15-7-5-6-10-19-15/h3-11H,12H2,1-2H3,(H2,20,21,24). The minimum absolute atomic E-state index is 0.283. The molecule has 2 amide bonds. The van der Waals surface area contributed by atoms with E-state index in [4.69, 9.17) is 0 Å². The van der Waals surface area contributed by atoms with E-state index in [-0.39, 0.29) is 6.03 Å². The summed E-state index contributed by atoms with van der Waals surface area (Å²) in [5.41, 5.74) is 4.27.